The van der Waals surface area contributed by atoms with Gasteiger partial charge in [-0.1, -0.05) is 19.4 Å². The third-order valence-electron chi connectivity index (χ3n) is 10.1. The summed E-state index contributed by atoms with van der Waals surface area (Å²) in [6.07, 6.45) is 6.57. The summed E-state index contributed by atoms with van der Waals surface area (Å²) in [4.78, 5) is 2.56. The quantitative estimate of drug-likeness (QED) is 0.792. The fraction of sp³-hybridized carbons (Fsp3) is 0.760. The fourth-order valence-electron chi connectivity index (χ4n) is 9.09. The summed E-state index contributed by atoms with van der Waals surface area (Å²) in [6, 6.07) is 4.37. The lowest BCUT2D eigenvalue weighted by Crippen LogP contribution is -2.82. The minimum Gasteiger partial charge on any atom is -0.504 e. The highest BCUT2D eigenvalue weighted by Gasteiger charge is 2.81. The van der Waals surface area contributed by atoms with Crippen LogP contribution in [-0.2, 0) is 16.6 Å². The number of hydrogen-bond acceptors (Lipinski definition) is 5. The molecule has 7 atom stereocenters. The molecule has 0 radical (unpaired) electrons. The number of fused-ring (bicyclic) bond motifs is 2. The number of phenolic OH excluding ortho intramolecular Hbond substituents is 1. The molecule has 2 aliphatic heterocycles. The Morgan fingerprint density at radius 1 is 1.30 bits per heavy atom. The molecule has 1 aromatic carbocycles. The maximum Gasteiger partial charge on any atom is 0.165 e. The maximum atomic E-state index is 11.7. The van der Waals surface area contributed by atoms with Gasteiger partial charge in [-0.05, 0) is 70.7 Å². The van der Waals surface area contributed by atoms with Gasteiger partial charge in [-0.2, -0.15) is 0 Å². The summed E-state index contributed by atoms with van der Waals surface area (Å²) in [5, 5.41) is 22.5. The first-order valence-electron chi connectivity index (χ1n) is 11.8. The Morgan fingerprint density at radius 3 is 2.83 bits per heavy atom. The van der Waals surface area contributed by atoms with Crippen LogP contribution in [0.2, 0.25) is 0 Å². The van der Waals surface area contributed by atoms with Crippen molar-refractivity contribution in [2.75, 3.05) is 20.7 Å². The molecule has 7 rings (SSSR count). The Hall–Kier alpha value is -1.30. The minimum atomic E-state index is -0.798. The number of likely N-dealkylation sites (N-methyl/N-ethyl adjacent to an activating group) is 1. The van der Waals surface area contributed by atoms with Crippen LogP contribution in [0.1, 0.15) is 63.5 Å². The number of rotatable bonds is 4. The van der Waals surface area contributed by atoms with Gasteiger partial charge in [-0.15, -0.1) is 0 Å². The topological polar surface area (TPSA) is 62.2 Å². The lowest BCUT2D eigenvalue weighted by atomic mass is 9.33. The molecule has 4 bridgehead atoms. The molecule has 5 heteroatoms. The third-order valence-corrected chi connectivity index (χ3v) is 10.1. The molecule has 4 aliphatic carbocycles. The number of piperidine rings is 1. The van der Waals surface area contributed by atoms with Crippen molar-refractivity contribution in [3.05, 3.63) is 23.3 Å². The smallest absolute Gasteiger partial charge is 0.165 e. The lowest BCUT2D eigenvalue weighted by Gasteiger charge is -2.74. The Kier molecular flexibility index (Phi) is 3.70. The Bertz CT molecular complexity index is 915. The average Bonchev–Trinajstić information content (AvgIpc) is 3.09. The summed E-state index contributed by atoms with van der Waals surface area (Å²) in [5.74, 6) is 0.977. The van der Waals surface area contributed by atoms with Crippen molar-refractivity contribution in [1.29, 1.82) is 0 Å². The highest BCUT2D eigenvalue weighted by atomic mass is 16.6. The summed E-state index contributed by atoms with van der Waals surface area (Å²) in [7, 11) is 4.09. The normalized spacial score (nSPS) is 45.0. The van der Waals surface area contributed by atoms with Gasteiger partial charge in [0.05, 0.1) is 5.60 Å². The second kappa shape index (κ2) is 5.73. The van der Waals surface area contributed by atoms with E-state index in [1.807, 2.05) is 20.1 Å². The van der Waals surface area contributed by atoms with Crippen LogP contribution in [0.15, 0.2) is 12.1 Å². The molecular weight excluding hydrogens is 378 g/mol. The van der Waals surface area contributed by atoms with Crippen LogP contribution < -0.4 is 4.74 Å². The van der Waals surface area contributed by atoms with Crippen LogP contribution >= 0.6 is 0 Å². The van der Waals surface area contributed by atoms with Gasteiger partial charge >= 0.3 is 0 Å². The van der Waals surface area contributed by atoms with Gasteiger partial charge < -0.3 is 24.6 Å². The Morgan fingerprint density at radius 2 is 2.10 bits per heavy atom. The number of hydrogen-bond donors (Lipinski definition) is 2. The molecule has 2 heterocycles. The minimum absolute atomic E-state index is 0.0221. The van der Waals surface area contributed by atoms with Crippen molar-refractivity contribution in [3.8, 4) is 11.5 Å². The number of aromatic hydroxyl groups is 1. The summed E-state index contributed by atoms with van der Waals surface area (Å²) in [5.41, 5.74) is 1.21. The Labute approximate surface area is 179 Å². The van der Waals surface area contributed by atoms with Crippen LogP contribution in [0.25, 0.3) is 0 Å². The fourth-order valence-corrected chi connectivity index (χ4v) is 9.09. The molecule has 1 saturated heterocycles. The third kappa shape index (κ3) is 1.85. The van der Waals surface area contributed by atoms with Crippen molar-refractivity contribution in [2.45, 2.75) is 87.6 Å². The van der Waals surface area contributed by atoms with Gasteiger partial charge in [0.2, 0.25) is 0 Å². The van der Waals surface area contributed by atoms with E-state index in [0.29, 0.717) is 11.8 Å². The number of ether oxygens (including phenoxy) is 2. The molecular formula is C25H35NO4. The molecule has 5 nitrogen and oxygen atoms in total. The number of methoxy groups -OCH3 is 1. The zero-order valence-corrected chi connectivity index (χ0v) is 18.7. The van der Waals surface area contributed by atoms with E-state index in [1.165, 1.54) is 11.1 Å². The zero-order valence-electron chi connectivity index (χ0n) is 18.7. The Balaban J connectivity index is 1.64. The largest absolute Gasteiger partial charge is 0.504 e. The van der Waals surface area contributed by atoms with Crippen molar-refractivity contribution in [3.63, 3.8) is 0 Å². The highest BCUT2D eigenvalue weighted by molar-refractivity contribution is 5.63. The molecule has 1 unspecified atom stereocenters. The summed E-state index contributed by atoms with van der Waals surface area (Å²) in [6.45, 7) is 5.19. The monoisotopic (exact) mass is 413 g/mol. The molecule has 3 saturated carbocycles. The van der Waals surface area contributed by atoms with E-state index in [0.717, 1.165) is 51.5 Å². The number of phenols is 1. The molecule has 0 aromatic heterocycles. The van der Waals surface area contributed by atoms with E-state index < -0.39 is 11.2 Å². The molecule has 2 N–H and O–H groups in total. The molecule has 30 heavy (non-hydrogen) atoms. The first-order chi connectivity index (χ1) is 14.3. The van der Waals surface area contributed by atoms with Crippen molar-refractivity contribution in [2.24, 2.45) is 11.3 Å². The van der Waals surface area contributed by atoms with Gasteiger partial charge in [0.1, 0.15) is 11.7 Å². The number of likely N-dealkylation sites (tertiary alicyclic amines) is 1. The van der Waals surface area contributed by atoms with E-state index in [2.05, 4.69) is 24.9 Å². The van der Waals surface area contributed by atoms with E-state index in [1.54, 1.807) is 0 Å². The number of aliphatic hydroxyl groups is 1. The van der Waals surface area contributed by atoms with Crippen LogP contribution in [0.3, 0.4) is 0 Å². The van der Waals surface area contributed by atoms with E-state index in [9.17, 15) is 10.2 Å². The maximum absolute atomic E-state index is 11.7. The average molecular weight is 414 g/mol. The second-order valence-electron chi connectivity index (χ2n) is 11.0. The number of benzene rings is 1. The summed E-state index contributed by atoms with van der Waals surface area (Å²) >= 11 is 0. The van der Waals surface area contributed by atoms with Crippen LogP contribution in [0, 0.1) is 11.3 Å². The highest BCUT2D eigenvalue weighted by Crippen LogP contribution is 2.77. The second-order valence-corrected chi connectivity index (χ2v) is 11.0. The molecule has 0 amide bonds. The van der Waals surface area contributed by atoms with Crippen molar-refractivity contribution < 1.29 is 19.7 Å². The number of nitrogens with zero attached hydrogens (tertiary/aromatic N) is 1. The SMILES string of the molecule is CCC[C@@](C)(O)C1C[C@@]23CC[C@]1(OC)[C@@H]1Oc4c(O)ccc5c4[C@@]12CCN(C)[C@@H]3C5. The van der Waals surface area contributed by atoms with E-state index in [4.69, 9.17) is 9.47 Å². The van der Waals surface area contributed by atoms with Gasteiger partial charge in [0.25, 0.3) is 0 Å². The van der Waals surface area contributed by atoms with Gasteiger partial charge in [-0.25, -0.2) is 0 Å². The van der Waals surface area contributed by atoms with Crippen LogP contribution in [0.5, 0.6) is 11.5 Å². The predicted octanol–water partition coefficient (Wildman–Crippen LogP) is 3.39. The van der Waals surface area contributed by atoms with Crippen LogP contribution in [0.4, 0.5) is 0 Å². The molecule has 1 aromatic rings. The molecule has 4 fully saturated rings. The van der Waals surface area contributed by atoms with E-state index >= 15 is 0 Å². The van der Waals surface area contributed by atoms with Crippen LogP contribution in [-0.4, -0.2) is 59.2 Å². The predicted molar refractivity (Wildman–Crippen MR) is 114 cm³/mol. The first-order valence-corrected chi connectivity index (χ1v) is 11.8. The lowest BCUT2D eigenvalue weighted by molar-refractivity contribution is -0.301. The molecule has 2 spiro atoms. The zero-order chi connectivity index (χ0) is 21.1. The van der Waals surface area contributed by atoms with E-state index in [-0.39, 0.29) is 28.6 Å². The van der Waals surface area contributed by atoms with Gasteiger partial charge in [0.15, 0.2) is 11.5 Å². The van der Waals surface area contributed by atoms with Gasteiger partial charge in [-0.3, -0.25) is 0 Å². The molecule has 164 valence electrons. The van der Waals surface area contributed by atoms with Gasteiger partial charge in [0, 0.05) is 35.5 Å². The standard InChI is InChI=1S/C25H35NO4/c1-5-8-22(2,28)17-14-23-9-10-25(17,29-4)21-24(23)11-12-26(3)18(23)13-15-6-7-16(27)20(30-21)19(15)24/h6-7,17-18,21,27-28H,5,8-14H2,1-4H3/t17?,18-,21-,22-,23-,24+,25-/m1/s1. The van der Waals surface area contributed by atoms with Crippen molar-refractivity contribution in [1.82, 2.24) is 4.90 Å². The summed E-state index contributed by atoms with van der Waals surface area (Å²) < 4.78 is 13.2. The first kappa shape index (κ1) is 19.4. The van der Waals surface area contributed by atoms with Crippen molar-refractivity contribution >= 4 is 0 Å². The molecule has 6 aliphatic rings.